The largest absolute Gasteiger partial charge is 0.434 e. The molecule has 0 bridgehead atoms. The van der Waals surface area contributed by atoms with Crippen molar-refractivity contribution in [3.8, 4) is 11.6 Å². The Morgan fingerprint density at radius 2 is 2.17 bits per heavy atom. The molecule has 1 aromatic carbocycles. The van der Waals surface area contributed by atoms with Crippen molar-refractivity contribution in [2.75, 3.05) is 7.11 Å². The van der Waals surface area contributed by atoms with Crippen LogP contribution in [0, 0.1) is 0 Å². The van der Waals surface area contributed by atoms with Gasteiger partial charge in [0.25, 0.3) is 5.88 Å². The quantitative estimate of drug-likeness (QED) is 0.923. The predicted molar refractivity (Wildman–Crippen MR) is 67.1 cm³/mol. The second-order valence-corrected chi connectivity index (χ2v) is 3.94. The van der Waals surface area contributed by atoms with Gasteiger partial charge in [-0.15, -0.1) is 5.10 Å². The number of methoxy groups -OCH3 is 1. The van der Waals surface area contributed by atoms with Crippen molar-refractivity contribution in [2.24, 2.45) is 0 Å². The van der Waals surface area contributed by atoms with Crippen molar-refractivity contribution < 1.29 is 9.47 Å². The molecule has 1 N–H and O–H groups in total. The van der Waals surface area contributed by atoms with E-state index in [1.54, 1.807) is 19.2 Å². The predicted octanol–water partition coefficient (Wildman–Crippen LogP) is 2.36. The summed E-state index contributed by atoms with van der Waals surface area (Å²) in [5, 5.41) is 6.38. The van der Waals surface area contributed by atoms with Crippen LogP contribution in [0.15, 0.2) is 35.1 Å². The Bertz CT molecular complexity index is 598. The fourth-order valence-electron chi connectivity index (χ4n) is 1.42. The molecule has 1 aromatic heterocycles. The van der Waals surface area contributed by atoms with Gasteiger partial charge in [0.15, 0.2) is 0 Å². The third-order valence-electron chi connectivity index (χ3n) is 2.21. The van der Waals surface area contributed by atoms with E-state index in [-0.39, 0.29) is 16.5 Å². The van der Waals surface area contributed by atoms with Crippen LogP contribution < -0.4 is 10.2 Å². The Morgan fingerprint density at radius 1 is 1.39 bits per heavy atom. The van der Waals surface area contributed by atoms with Gasteiger partial charge in [0.1, 0.15) is 10.9 Å². The summed E-state index contributed by atoms with van der Waals surface area (Å²) in [5.74, 6) is 0.475. The van der Waals surface area contributed by atoms with Crippen LogP contribution in [0.4, 0.5) is 0 Å². The average molecular weight is 267 g/mol. The van der Waals surface area contributed by atoms with Crippen LogP contribution in [0.3, 0.4) is 0 Å². The summed E-state index contributed by atoms with van der Waals surface area (Å²) in [5.41, 5.74) is 0.446. The minimum Gasteiger partial charge on any atom is -0.434 e. The van der Waals surface area contributed by atoms with Crippen LogP contribution in [0.2, 0.25) is 5.15 Å². The second-order valence-electron chi connectivity index (χ2n) is 3.53. The normalized spacial score (nSPS) is 10.3. The van der Waals surface area contributed by atoms with Crippen molar-refractivity contribution in [3.05, 3.63) is 51.3 Å². The van der Waals surface area contributed by atoms with Crippen LogP contribution >= 0.6 is 11.6 Å². The maximum atomic E-state index is 11.6. The van der Waals surface area contributed by atoms with Gasteiger partial charge in [-0.1, -0.05) is 29.8 Å². The summed E-state index contributed by atoms with van der Waals surface area (Å²) < 4.78 is 10.5. The summed E-state index contributed by atoms with van der Waals surface area (Å²) in [7, 11) is 1.59. The highest BCUT2D eigenvalue weighted by Gasteiger charge is 2.08. The molecule has 5 nitrogen and oxygen atoms in total. The Kier molecular flexibility index (Phi) is 3.96. The van der Waals surface area contributed by atoms with Gasteiger partial charge in [-0.3, -0.25) is 9.89 Å². The summed E-state index contributed by atoms with van der Waals surface area (Å²) in [6.07, 6.45) is 0. The van der Waals surface area contributed by atoms with E-state index in [0.29, 0.717) is 12.4 Å². The fraction of sp³-hybridized carbons (Fsp3) is 0.167. The summed E-state index contributed by atoms with van der Waals surface area (Å²) in [6.45, 7) is 0.391. The lowest BCUT2D eigenvalue weighted by molar-refractivity contribution is 0.182. The molecule has 0 aliphatic rings. The summed E-state index contributed by atoms with van der Waals surface area (Å²) in [6, 6.07) is 8.47. The number of ether oxygens (including phenoxy) is 2. The van der Waals surface area contributed by atoms with E-state index in [1.807, 2.05) is 12.1 Å². The first-order valence-electron chi connectivity index (χ1n) is 5.20. The van der Waals surface area contributed by atoms with E-state index < -0.39 is 0 Å². The molecule has 0 atom stereocenters. The van der Waals surface area contributed by atoms with Crippen molar-refractivity contribution in [2.45, 2.75) is 6.61 Å². The molecule has 2 rings (SSSR count). The molecule has 0 aliphatic heterocycles. The van der Waals surface area contributed by atoms with E-state index in [9.17, 15) is 4.79 Å². The number of aromatic nitrogens is 2. The van der Waals surface area contributed by atoms with Crippen molar-refractivity contribution in [1.29, 1.82) is 0 Å². The van der Waals surface area contributed by atoms with Crippen molar-refractivity contribution >= 4 is 11.6 Å². The molecule has 0 aliphatic carbocycles. The molecular weight excluding hydrogens is 256 g/mol. The number of H-pyrrole nitrogens is 1. The molecule has 0 saturated heterocycles. The highest BCUT2D eigenvalue weighted by atomic mass is 35.5. The SMILES string of the molecule is COCc1ccccc1Oc1n[nH]c(Cl)cc1=O. The summed E-state index contributed by atoms with van der Waals surface area (Å²) >= 11 is 5.61. The number of hydrogen-bond donors (Lipinski definition) is 1. The van der Waals surface area contributed by atoms with Crippen molar-refractivity contribution in [3.63, 3.8) is 0 Å². The number of aromatic amines is 1. The van der Waals surface area contributed by atoms with Gasteiger partial charge in [-0.25, -0.2) is 0 Å². The Hall–Kier alpha value is -1.85. The third kappa shape index (κ3) is 2.88. The van der Waals surface area contributed by atoms with Gasteiger partial charge >= 0.3 is 0 Å². The first-order chi connectivity index (χ1) is 8.70. The third-order valence-corrected chi connectivity index (χ3v) is 2.41. The van der Waals surface area contributed by atoms with Gasteiger partial charge < -0.3 is 9.47 Å². The maximum Gasteiger partial charge on any atom is 0.285 e. The Labute approximate surface area is 108 Å². The first kappa shape index (κ1) is 12.6. The van der Waals surface area contributed by atoms with Gasteiger partial charge in [0, 0.05) is 18.7 Å². The molecule has 0 unspecified atom stereocenters. The number of para-hydroxylation sites is 1. The van der Waals surface area contributed by atoms with Gasteiger partial charge in [0.05, 0.1) is 6.61 Å². The molecule has 0 saturated carbocycles. The molecule has 0 fully saturated rings. The van der Waals surface area contributed by atoms with Gasteiger partial charge in [0.2, 0.25) is 5.43 Å². The first-order valence-corrected chi connectivity index (χ1v) is 5.58. The molecule has 0 spiro atoms. The molecule has 0 amide bonds. The molecule has 18 heavy (non-hydrogen) atoms. The number of hydrogen-bond acceptors (Lipinski definition) is 4. The van der Waals surface area contributed by atoms with Crippen LogP contribution in [-0.2, 0) is 11.3 Å². The lowest BCUT2D eigenvalue weighted by Gasteiger charge is -2.08. The molecule has 94 valence electrons. The fourth-order valence-corrected chi connectivity index (χ4v) is 1.57. The number of nitrogens with one attached hydrogen (secondary N) is 1. The topological polar surface area (TPSA) is 64.2 Å². The Morgan fingerprint density at radius 3 is 2.89 bits per heavy atom. The van der Waals surface area contributed by atoms with E-state index in [1.165, 1.54) is 6.07 Å². The number of rotatable bonds is 4. The maximum absolute atomic E-state index is 11.6. The van der Waals surface area contributed by atoms with Crippen LogP contribution in [0.5, 0.6) is 11.6 Å². The zero-order valence-electron chi connectivity index (χ0n) is 9.64. The molecule has 2 aromatic rings. The minimum absolute atomic E-state index is 0.0528. The minimum atomic E-state index is -0.383. The number of halogens is 1. The van der Waals surface area contributed by atoms with Crippen molar-refractivity contribution in [1.82, 2.24) is 10.2 Å². The molecule has 0 radical (unpaired) electrons. The highest BCUT2D eigenvalue weighted by molar-refractivity contribution is 6.29. The zero-order valence-corrected chi connectivity index (χ0v) is 10.4. The van der Waals surface area contributed by atoms with E-state index in [2.05, 4.69) is 10.2 Å². The summed E-state index contributed by atoms with van der Waals surface area (Å²) in [4.78, 5) is 11.6. The molecule has 1 heterocycles. The van der Waals surface area contributed by atoms with Crippen LogP contribution in [0.25, 0.3) is 0 Å². The Balaban J connectivity index is 2.31. The van der Waals surface area contributed by atoms with Crippen LogP contribution in [-0.4, -0.2) is 17.3 Å². The lowest BCUT2D eigenvalue weighted by Crippen LogP contribution is -2.08. The average Bonchev–Trinajstić information content (AvgIpc) is 2.35. The highest BCUT2D eigenvalue weighted by Crippen LogP contribution is 2.22. The monoisotopic (exact) mass is 266 g/mol. The lowest BCUT2D eigenvalue weighted by atomic mass is 10.2. The number of nitrogens with zero attached hydrogens (tertiary/aromatic N) is 1. The van der Waals surface area contributed by atoms with Gasteiger partial charge in [-0.05, 0) is 6.07 Å². The van der Waals surface area contributed by atoms with Gasteiger partial charge in [-0.2, -0.15) is 0 Å². The number of benzene rings is 1. The second kappa shape index (κ2) is 5.66. The molecular formula is C12H11ClN2O3. The van der Waals surface area contributed by atoms with E-state index in [0.717, 1.165) is 5.56 Å². The van der Waals surface area contributed by atoms with E-state index >= 15 is 0 Å². The van der Waals surface area contributed by atoms with Crippen LogP contribution in [0.1, 0.15) is 5.56 Å². The smallest absolute Gasteiger partial charge is 0.285 e. The standard InChI is InChI=1S/C12H11ClN2O3/c1-17-7-8-4-2-3-5-10(8)18-12-9(16)6-11(13)14-15-12/h2-6H,7H2,1H3,(H,14,16). The molecule has 6 heteroatoms. The van der Waals surface area contributed by atoms with E-state index in [4.69, 9.17) is 21.1 Å². The zero-order chi connectivity index (χ0) is 13.0.